The lowest BCUT2D eigenvalue weighted by atomic mass is 9.96. The van der Waals surface area contributed by atoms with E-state index in [0.717, 1.165) is 57.8 Å². The molecule has 144 valence electrons. The van der Waals surface area contributed by atoms with Gasteiger partial charge in [-0.05, 0) is 54.2 Å². The van der Waals surface area contributed by atoms with Crippen LogP contribution in [0.25, 0.3) is 22.0 Å². The van der Waals surface area contributed by atoms with E-state index in [1.807, 2.05) is 24.3 Å². The first-order valence-electron chi connectivity index (χ1n) is 9.58. The van der Waals surface area contributed by atoms with Crippen LogP contribution in [-0.4, -0.2) is 34.1 Å². The molecule has 1 atom stereocenters. The number of carbonyl (C=O) groups is 1. The van der Waals surface area contributed by atoms with Crippen LogP contribution >= 0.6 is 11.6 Å². The predicted octanol–water partition coefficient (Wildman–Crippen LogP) is 4.81. The van der Waals surface area contributed by atoms with Gasteiger partial charge in [0.05, 0.1) is 16.8 Å². The Balaban J connectivity index is 1.86. The lowest BCUT2D eigenvalue weighted by molar-refractivity contribution is -0.141. The van der Waals surface area contributed by atoms with Crippen molar-refractivity contribution in [3.05, 3.63) is 53.3 Å². The van der Waals surface area contributed by atoms with Crippen LogP contribution in [0.5, 0.6) is 0 Å². The normalized spacial score (nSPS) is 17.1. The summed E-state index contributed by atoms with van der Waals surface area (Å²) in [5.41, 5.74) is 4.05. The summed E-state index contributed by atoms with van der Waals surface area (Å²) in [4.78, 5) is 22.6. The first-order valence-corrected chi connectivity index (χ1v) is 9.96. The molecule has 28 heavy (non-hydrogen) atoms. The molecule has 0 bridgehead atoms. The van der Waals surface area contributed by atoms with Gasteiger partial charge in [-0.15, -0.1) is 0 Å². The molecule has 1 N–H and O–H groups in total. The highest BCUT2D eigenvalue weighted by molar-refractivity contribution is 6.31. The molecule has 0 amide bonds. The first kappa shape index (κ1) is 18.7. The van der Waals surface area contributed by atoms with Crippen LogP contribution in [0.1, 0.15) is 25.3 Å². The lowest BCUT2D eigenvalue weighted by Crippen LogP contribution is -2.39. The molecule has 1 unspecified atom stereocenters. The van der Waals surface area contributed by atoms with E-state index in [-0.39, 0.29) is 5.92 Å². The second-order valence-corrected chi connectivity index (χ2v) is 7.59. The van der Waals surface area contributed by atoms with Crippen molar-refractivity contribution in [3.8, 4) is 11.1 Å². The molecule has 3 aromatic rings. The van der Waals surface area contributed by atoms with Gasteiger partial charge in [-0.25, -0.2) is 9.97 Å². The predicted molar refractivity (Wildman–Crippen MR) is 112 cm³/mol. The number of halogens is 1. The van der Waals surface area contributed by atoms with Crippen molar-refractivity contribution in [1.29, 1.82) is 0 Å². The molecule has 0 radical (unpaired) electrons. The standard InChI is InChI=1S/C22H22ClN3O2/c1-2-14-11-15(8-9-18(14)23)17-6-3-7-19-20(17)21(25-13-24-19)26-10-4-5-16(12-26)22(27)28/h3,6-9,11,13,16H,2,4-5,10,12H2,1H3,(H,27,28). The maximum atomic E-state index is 11.5. The van der Waals surface area contributed by atoms with E-state index < -0.39 is 5.97 Å². The summed E-state index contributed by atoms with van der Waals surface area (Å²) in [6, 6.07) is 12.1. The zero-order chi connectivity index (χ0) is 19.7. The van der Waals surface area contributed by atoms with Gasteiger partial charge in [0.25, 0.3) is 0 Å². The van der Waals surface area contributed by atoms with Gasteiger partial charge in [0.2, 0.25) is 0 Å². The third-order valence-electron chi connectivity index (χ3n) is 5.45. The van der Waals surface area contributed by atoms with Crippen LogP contribution in [-0.2, 0) is 11.2 Å². The highest BCUT2D eigenvalue weighted by atomic mass is 35.5. The summed E-state index contributed by atoms with van der Waals surface area (Å²) < 4.78 is 0. The molecule has 6 heteroatoms. The molecule has 2 aromatic carbocycles. The molecule has 1 fully saturated rings. The summed E-state index contributed by atoms with van der Waals surface area (Å²) in [5.74, 6) is -0.304. The molecule has 0 spiro atoms. The Labute approximate surface area is 169 Å². The van der Waals surface area contributed by atoms with Gasteiger partial charge in [0.15, 0.2) is 0 Å². The summed E-state index contributed by atoms with van der Waals surface area (Å²) in [6.45, 7) is 3.35. The zero-order valence-electron chi connectivity index (χ0n) is 15.7. The molecule has 0 saturated carbocycles. The SMILES string of the molecule is CCc1cc(-c2cccc3ncnc(N4CCCC(C(=O)O)C4)c23)ccc1Cl. The molecule has 0 aliphatic carbocycles. The van der Waals surface area contributed by atoms with E-state index in [4.69, 9.17) is 11.6 Å². The van der Waals surface area contributed by atoms with E-state index in [9.17, 15) is 9.90 Å². The number of nitrogens with zero attached hydrogens (tertiary/aromatic N) is 3. The molecular weight excluding hydrogens is 374 g/mol. The number of hydrogen-bond donors (Lipinski definition) is 1. The van der Waals surface area contributed by atoms with E-state index >= 15 is 0 Å². The Morgan fingerprint density at radius 1 is 1.29 bits per heavy atom. The topological polar surface area (TPSA) is 66.3 Å². The number of carboxylic acids is 1. The van der Waals surface area contributed by atoms with Gasteiger partial charge < -0.3 is 10.0 Å². The van der Waals surface area contributed by atoms with Crippen molar-refractivity contribution in [3.63, 3.8) is 0 Å². The summed E-state index contributed by atoms with van der Waals surface area (Å²) >= 11 is 6.31. The van der Waals surface area contributed by atoms with Gasteiger partial charge in [0, 0.05) is 18.1 Å². The van der Waals surface area contributed by atoms with Crippen LogP contribution in [0, 0.1) is 5.92 Å². The minimum absolute atomic E-state index is 0.367. The molecular formula is C22H22ClN3O2. The van der Waals surface area contributed by atoms with E-state index in [2.05, 4.69) is 33.9 Å². The average Bonchev–Trinajstić information content (AvgIpc) is 2.73. The van der Waals surface area contributed by atoms with Gasteiger partial charge in [-0.1, -0.05) is 36.7 Å². The molecule has 1 aromatic heterocycles. The molecule has 1 saturated heterocycles. The van der Waals surface area contributed by atoms with Crippen molar-refractivity contribution in [2.24, 2.45) is 5.92 Å². The minimum Gasteiger partial charge on any atom is -0.481 e. The van der Waals surface area contributed by atoms with Gasteiger partial charge in [-0.3, -0.25) is 4.79 Å². The molecule has 1 aliphatic rings. The van der Waals surface area contributed by atoms with Crippen LogP contribution in [0.4, 0.5) is 5.82 Å². The van der Waals surface area contributed by atoms with E-state index in [1.165, 1.54) is 0 Å². The Morgan fingerprint density at radius 3 is 2.93 bits per heavy atom. The quantitative estimate of drug-likeness (QED) is 0.686. The van der Waals surface area contributed by atoms with Gasteiger partial charge >= 0.3 is 5.97 Å². The fourth-order valence-corrected chi connectivity index (χ4v) is 4.21. The van der Waals surface area contributed by atoms with Crippen molar-refractivity contribution < 1.29 is 9.90 Å². The number of hydrogen-bond acceptors (Lipinski definition) is 4. The summed E-state index contributed by atoms with van der Waals surface area (Å²) in [6.07, 6.45) is 3.96. The third-order valence-corrected chi connectivity index (χ3v) is 5.82. The largest absolute Gasteiger partial charge is 0.481 e. The number of benzene rings is 2. The minimum atomic E-state index is -0.742. The number of aryl methyl sites for hydroxylation is 1. The Bertz CT molecular complexity index is 1030. The number of rotatable bonds is 4. The second kappa shape index (κ2) is 7.76. The third kappa shape index (κ3) is 3.42. The number of aliphatic carboxylic acids is 1. The highest BCUT2D eigenvalue weighted by Crippen LogP contribution is 2.36. The highest BCUT2D eigenvalue weighted by Gasteiger charge is 2.27. The summed E-state index contributed by atoms with van der Waals surface area (Å²) in [5, 5.41) is 11.2. The van der Waals surface area contributed by atoms with Crippen LogP contribution in [0.15, 0.2) is 42.7 Å². The Morgan fingerprint density at radius 2 is 2.14 bits per heavy atom. The average molecular weight is 396 g/mol. The second-order valence-electron chi connectivity index (χ2n) is 7.18. The van der Waals surface area contributed by atoms with Gasteiger partial charge in [0.1, 0.15) is 12.1 Å². The zero-order valence-corrected chi connectivity index (χ0v) is 16.5. The molecule has 2 heterocycles. The number of fused-ring (bicyclic) bond motifs is 1. The molecule has 1 aliphatic heterocycles. The Hall–Kier alpha value is -2.66. The Kier molecular flexibility index (Phi) is 5.18. The fraction of sp³-hybridized carbons (Fsp3) is 0.318. The number of carboxylic acid groups (broad SMARTS) is 1. The lowest BCUT2D eigenvalue weighted by Gasteiger charge is -2.32. The number of piperidine rings is 1. The van der Waals surface area contributed by atoms with E-state index in [0.29, 0.717) is 13.0 Å². The summed E-state index contributed by atoms with van der Waals surface area (Å²) in [7, 11) is 0. The monoisotopic (exact) mass is 395 g/mol. The van der Waals surface area contributed by atoms with Crippen molar-refractivity contribution in [2.45, 2.75) is 26.2 Å². The van der Waals surface area contributed by atoms with Crippen molar-refractivity contribution >= 4 is 34.3 Å². The van der Waals surface area contributed by atoms with Crippen LogP contribution in [0.3, 0.4) is 0 Å². The van der Waals surface area contributed by atoms with Crippen LogP contribution in [0.2, 0.25) is 5.02 Å². The van der Waals surface area contributed by atoms with Crippen molar-refractivity contribution in [1.82, 2.24) is 9.97 Å². The fourth-order valence-electron chi connectivity index (χ4n) is 3.96. The number of aromatic nitrogens is 2. The maximum absolute atomic E-state index is 11.5. The maximum Gasteiger partial charge on any atom is 0.308 e. The molecule has 5 nitrogen and oxygen atoms in total. The van der Waals surface area contributed by atoms with Crippen LogP contribution < -0.4 is 4.90 Å². The smallest absolute Gasteiger partial charge is 0.308 e. The van der Waals surface area contributed by atoms with Gasteiger partial charge in [-0.2, -0.15) is 0 Å². The first-order chi connectivity index (χ1) is 13.6. The number of anilines is 1. The molecule has 4 rings (SSSR count). The van der Waals surface area contributed by atoms with Crippen molar-refractivity contribution in [2.75, 3.05) is 18.0 Å². The van der Waals surface area contributed by atoms with E-state index in [1.54, 1.807) is 6.33 Å².